The average molecular weight is 808 g/mol. The molecule has 0 saturated carbocycles. The van der Waals surface area contributed by atoms with Gasteiger partial charge in [-0.2, -0.15) is 0 Å². The van der Waals surface area contributed by atoms with Gasteiger partial charge in [-0.15, -0.1) is 0 Å². The van der Waals surface area contributed by atoms with Crippen LogP contribution in [-0.2, 0) is 27.9 Å². The molecular weight excluding hydrogens is 721 g/mol. The van der Waals surface area contributed by atoms with Crippen LogP contribution in [0.2, 0.25) is 0 Å². The molecular formula is C47H86NO7P. The highest BCUT2D eigenvalue weighted by molar-refractivity contribution is 7.47. The van der Waals surface area contributed by atoms with E-state index >= 15 is 0 Å². The lowest BCUT2D eigenvalue weighted by Gasteiger charge is -2.19. The summed E-state index contributed by atoms with van der Waals surface area (Å²) in [4.78, 5) is 22.5. The highest BCUT2D eigenvalue weighted by Gasteiger charge is 2.25. The Balaban J connectivity index is 4.13. The quantitative estimate of drug-likeness (QED) is 0.0206. The fourth-order valence-electron chi connectivity index (χ4n) is 6.12. The summed E-state index contributed by atoms with van der Waals surface area (Å²) in [6.45, 7) is 4.18. The van der Waals surface area contributed by atoms with Crippen LogP contribution in [-0.4, -0.2) is 43.3 Å². The van der Waals surface area contributed by atoms with E-state index in [1.807, 2.05) is 6.08 Å². The topological polar surface area (TPSA) is 117 Å². The van der Waals surface area contributed by atoms with Crippen LogP contribution in [0.15, 0.2) is 60.9 Å². The Kier molecular flexibility index (Phi) is 42.6. The van der Waals surface area contributed by atoms with Crippen LogP contribution < -0.4 is 5.73 Å². The lowest BCUT2D eigenvalue weighted by atomic mass is 10.0. The van der Waals surface area contributed by atoms with Crippen LogP contribution in [0.25, 0.3) is 0 Å². The number of esters is 1. The Bertz CT molecular complexity index is 1040. The zero-order valence-electron chi connectivity index (χ0n) is 36.1. The maximum Gasteiger partial charge on any atom is 0.472 e. The summed E-state index contributed by atoms with van der Waals surface area (Å²) < 4.78 is 33.2. The first-order valence-corrected chi connectivity index (χ1v) is 24.3. The smallest absolute Gasteiger partial charge is 0.472 e. The van der Waals surface area contributed by atoms with E-state index in [0.29, 0.717) is 6.42 Å². The number of hydrogen-bond donors (Lipinski definition) is 2. The summed E-state index contributed by atoms with van der Waals surface area (Å²) in [6.07, 6.45) is 54.8. The summed E-state index contributed by atoms with van der Waals surface area (Å²) in [5, 5.41) is 0. The van der Waals surface area contributed by atoms with E-state index in [2.05, 4.69) is 62.5 Å². The molecule has 0 fully saturated rings. The number of rotatable bonds is 43. The minimum atomic E-state index is -4.31. The summed E-state index contributed by atoms with van der Waals surface area (Å²) in [5.74, 6) is -0.382. The van der Waals surface area contributed by atoms with Gasteiger partial charge in [0.2, 0.25) is 0 Å². The maximum absolute atomic E-state index is 12.6. The molecule has 0 aliphatic carbocycles. The molecule has 0 aliphatic heterocycles. The zero-order valence-corrected chi connectivity index (χ0v) is 37.0. The SMILES string of the molecule is CCCCC/C=C/C/C=C/C/C=C/C/C=C/CCCCCC(=O)O[C@H](CO/C=C/CCCCCCCCCCCCCCCCCC)COP(=O)(O)OCCN. The number of unbranched alkanes of at least 4 members (excludes halogenated alkanes) is 22. The predicted octanol–water partition coefficient (Wildman–Crippen LogP) is 14.1. The molecule has 9 heteroatoms. The lowest BCUT2D eigenvalue weighted by molar-refractivity contribution is -0.153. The molecule has 0 saturated heterocycles. The molecule has 0 heterocycles. The van der Waals surface area contributed by atoms with Gasteiger partial charge in [0.25, 0.3) is 0 Å². The third kappa shape index (κ3) is 43.2. The number of phosphoric ester groups is 1. The summed E-state index contributed by atoms with van der Waals surface area (Å²) in [5.41, 5.74) is 5.37. The Morgan fingerprint density at radius 3 is 1.46 bits per heavy atom. The van der Waals surface area contributed by atoms with Gasteiger partial charge < -0.3 is 20.1 Å². The molecule has 326 valence electrons. The van der Waals surface area contributed by atoms with Crippen molar-refractivity contribution in [1.29, 1.82) is 0 Å². The van der Waals surface area contributed by atoms with Crippen LogP contribution in [0.4, 0.5) is 0 Å². The number of allylic oxidation sites excluding steroid dienone is 9. The molecule has 2 atom stereocenters. The largest absolute Gasteiger partial charge is 0.498 e. The minimum Gasteiger partial charge on any atom is -0.498 e. The van der Waals surface area contributed by atoms with Gasteiger partial charge in [0, 0.05) is 13.0 Å². The van der Waals surface area contributed by atoms with Crippen LogP contribution in [0.5, 0.6) is 0 Å². The Morgan fingerprint density at radius 1 is 0.554 bits per heavy atom. The normalized spacial score (nSPS) is 13.9. The van der Waals surface area contributed by atoms with Gasteiger partial charge in [-0.3, -0.25) is 13.8 Å². The first-order chi connectivity index (χ1) is 27.4. The molecule has 0 aromatic rings. The minimum absolute atomic E-state index is 0.0180. The number of carbonyl (C=O) groups excluding carboxylic acids is 1. The zero-order chi connectivity index (χ0) is 40.9. The number of hydrogen-bond acceptors (Lipinski definition) is 7. The number of carbonyl (C=O) groups is 1. The third-order valence-corrected chi connectivity index (χ3v) is 10.5. The Morgan fingerprint density at radius 2 is 0.964 bits per heavy atom. The molecule has 3 N–H and O–H groups in total. The van der Waals surface area contributed by atoms with Gasteiger partial charge in [-0.05, 0) is 70.3 Å². The molecule has 1 unspecified atom stereocenters. The number of nitrogens with two attached hydrogens (primary N) is 1. The van der Waals surface area contributed by atoms with E-state index < -0.39 is 13.9 Å². The van der Waals surface area contributed by atoms with Crippen LogP contribution >= 0.6 is 7.82 Å². The lowest BCUT2D eigenvalue weighted by Crippen LogP contribution is -2.27. The van der Waals surface area contributed by atoms with E-state index in [1.165, 1.54) is 122 Å². The van der Waals surface area contributed by atoms with E-state index in [4.69, 9.17) is 24.3 Å². The van der Waals surface area contributed by atoms with Crippen molar-refractivity contribution in [1.82, 2.24) is 0 Å². The van der Waals surface area contributed by atoms with E-state index in [0.717, 1.165) is 51.4 Å². The second-order valence-electron chi connectivity index (χ2n) is 15.0. The molecule has 0 bridgehead atoms. The molecule has 0 spiro atoms. The van der Waals surface area contributed by atoms with Gasteiger partial charge >= 0.3 is 13.8 Å². The molecule has 0 aliphatic rings. The van der Waals surface area contributed by atoms with Gasteiger partial charge in [0.15, 0.2) is 6.10 Å². The van der Waals surface area contributed by atoms with Gasteiger partial charge in [0.1, 0.15) is 6.61 Å². The molecule has 8 nitrogen and oxygen atoms in total. The molecule has 0 rings (SSSR count). The van der Waals surface area contributed by atoms with E-state index in [9.17, 15) is 14.3 Å². The van der Waals surface area contributed by atoms with Gasteiger partial charge in [-0.1, -0.05) is 178 Å². The fraction of sp³-hybridized carbons (Fsp3) is 0.766. The highest BCUT2D eigenvalue weighted by atomic mass is 31.2. The van der Waals surface area contributed by atoms with Crippen molar-refractivity contribution < 1.29 is 32.8 Å². The van der Waals surface area contributed by atoms with Crippen molar-refractivity contribution in [3.8, 4) is 0 Å². The van der Waals surface area contributed by atoms with Gasteiger partial charge in [-0.25, -0.2) is 4.57 Å². The van der Waals surface area contributed by atoms with Crippen molar-refractivity contribution in [3.63, 3.8) is 0 Å². The van der Waals surface area contributed by atoms with E-state index in [-0.39, 0.29) is 38.8 Å². The van der Waals surface area contributed by atoms with Crippen LogP contribution in [0.3, 0.4) is 0 Å². The molecule has 56 heavy (non-hydrogen) atoms. The van der Waals surface area contributed by atoms with E-state index in [1.54, 1.807) is 6.26 Å². The Hall–Kier alpha value is -1.96. The summed E-state index contributed by atoms with van der Waals surface area (Å²) in [6, 6.07) is 0. The Labute approximate surface area is 344 Å². The van der Waals surface area contributed by atoms with Crippen molar-refractivity contribution in [3.05, 3.63) is 60.9 Å². The standard InChI is InChI=1S/C47H86NO7P/c1-3-5-7-9-11-13-15-17-19-21-23-24-26-28-30-32-34-36-38-40-47(49)55-46(45-54-56(50,51)53-43-41-48)44-52-42-39-37-35-33-31-29-27-25-22-20-18-16-14-12-10-8-6-4-2/h11,13,17,19,23-24,28,30,39,42,46H,3-10,12,14-16,18,20-22,25-27,29,31-38,40-41,43-45,48H2,1-2H3,(H,50,51)/b13-11+,19-17+,24-23+,30-28+,42-39+/t46-/m1/s1. The monoisotopic (exact) mass is 808 g/mol. The van der Waals surface area contributed by atoms with Crippen molar-refractivity contribution in [2.75, 3.05) is 26.4 Å². The number of ether oxygens (including phenoxy) is 2. The summed E-state index contributed by atoms with van der Waals surface area (Å²) in [7, 11) is -4.31. The third-order valence-electron chi connectivity index (χ3n) is 9.50. The maximum atomic E-state index is 12.6. The second-order valence-corrected chi connectivity index (χ2v) is 16.4. The molecule has 0 aromatic carbocycles. The van der Waals surface area contributed by atoms with Crippen LogP contribution in [0, 0.1) is 0 Å². The first kappa shape index (κ1) is 54.0. The molecule has 0 radical (unpaired) electrons. The average Bonchev–Trinajstić information content (AvgIpc) is 3.19. The van der Waals surface area contributed by atoms with Gasteiger partial charge in [0.05, 0.1) is 19.5 Å². The summed E-state index contributed by atoms with van der Waals surface area (Å²) >= 11 is 0. The predicted molar refractivity (Wildman–Crippen MR) is 238 cm³/mol. The fourth-order valence-corrected chi connectivity index (χ4v) is 6.89. The molecule has 0 aromatic heterocycles. The number of phosphoric acid groups is 1. The highest BCUT2D eigenvalue weighted by Crippen LogP contribution is 2.43. The first-order valence-electron chi connectivity index (χ1n) is 22.8. The van der Waals surface area contributed by atoms with Crippen molar-refractivity contribution >= 4 is 13.8 Å². The van der Waals surface area contributed by atoms with Crippen LogP contribution in [0.1, 0.15) is 200 Å². The molecule has 0 amide bonds. The van der Waals surface area contributed by atoms with Crippen molar-refractivity contribution in [2.45, 2.75) is 206 Å². The second kappa shape index (κ2) is 44.1. The van der Waals surface area contributed by atoms with Crippen molar-refractivity contribution in [2.24, 2.45) is 5.73 Å².